The fourth-order valence-corrected chi connectivity index (χ4v) is 5.58. The zero-order valence-electron chi connectivity index (χ0n) is 27.4. The van der Waals surface area contributed by atoms with Crippen molar-refractivity contribution in [3.05, 3.63) is 126 Å². The van der Waals surface area contributed by atoms with Crippen LogP contribution in [0.5, 0.6) is 11.5 Å². The predicted molar refractivity (Wildman–Crippen MR) is 191 cm³/mol. The Balaban J connectivity index is 0.000000270. The van der Waals surface area contributed by atoms with Gasteiger partial charge in [0.1, 0.15) is 0 Å². The van der Waals surface area contributed by atoms with E-state index >= 15 is 0 Å². The van der Waals surface area contributed by atoms with E-state index in [-0.39, 0.29) is 23.1 Å². The van der Waals surface area contributed by atoms with Gasteiger partial charge in [0.05, 0.1) is 34.3 Å². The van der Waals surface area contributed by atoms with Crippen LogP contribution in [-0.4, -0.2) is 37.4 Å². The largest absolute Gasteiger partial charge is 0.494 e. The molecule has 0 amide bonds. The first-order valence-electron chi connectivity index (χ1n) is 14.2. The van der Waals surface area contributed by atoms with E-state index in [1.807, 2.05) is 38.1 Å². The Morgan fingerprint density at radius 2 is 0.766 bits per heavy atom. The van der Waals surface area contributed by atoms with E-state index in [1.165, 1.54) is 41.9 Å². The highest BCUT2D eigenvalue weighted by molar-refractivity contribution is 6.38. The molecular weight excluding hydrogens is 682 g/mol. The van der Waals surface area contributed by atoms with Gasteiger partial charge in [0.15, 0.2) is 34.6 Å². The van der Waals surface area contributed by atoms with E-state index in [9.17, 15) is 19.2 Å². The Morgan fingerprint density at radius 1 is 0.489 bits per heavy atom. The molecule has 4 aromatic carbocycles. The van der Waals surface area contributed by atoms with Gasteiger partial charge in [0.2, 0.25) is 0 Å². The van der Waals surface area contributed by atoms with Gasteiger partial charge in [0, 0.05) is 27.7 Å². The highest BCUT2D eigenvalue weighted by Crippen LogP contribution is 2.43. The zero-order valence-corrected chi connectivity index (χ0v) is 30.4. The number of methoxy groups -OCH3 is 2. The van der Waals surface area contributed by atoms with Crippen LogP contribution in [0, 0.1) is 0 Å². The monoisotopic (exact) mass is 716 g/mol. The summed E-state index contributed by atoms with van der Waals surface area (Å²) in [6.07, 6.45) is 0. The van der Waals surface area contributed by atoms with E-state index in [4.69, 9.17) is 55.9 Å². The molecule has 248 valence electrons. The minimum Gasteiger partial charge on any atom is -0.494 e. The lowest BCUT2D eigenvalue weighted by molar-refractivity contribution is 0.100. The number of rotatable bonds is 8. The third-order valence-electron chi connectivity index (χ3n) is 7.22. The second kappa shape index (κ2) is 17.5. The molecule has 0 atom stereocenters. The van der Waals surface area contributed by atoms with Crippen LogP contribution < -0.4 is 9.47 Å². The van der Waals surface area contributed by atoms with E-state index in [2.05, 4.69) is 0 Å². The van der Waals surface area contributed by atoms with Crippen molar-refractivity contribution in [2.75, 3.05) is 14.2 Å². The van der Waals surface area contributed by atoms with Crippen molar-refractivity contribution in [2.24, 2.45) is 0 Å². The maximum Gasteiger partial charge on any atom is 0.159 e. The summed E-state index contributed by atoms with van der Waals surface area (Å²) in [4.78, 5) is 43.5. The number of benzene rings is 4. The highest BCUT2D eigenvalue weighted by Gasteiger charge is 2.27. The Bertz CT molecular complexity index is 1610. The summed E-state index contributed by atoms with van der Waals surface area (Å²) >= 11 is 25.0. The smallest absolute Gasteiger partial charge is 0.159 e. The fraction of sp³-hybridized carbons (Fsp3) is 0.243. The Morgan fingerprint density at radius 3 is 1.00 bits per heavy atom. The molecule has 0 aliphatic carbocycles. The number of Topliss-reactive ketones (excluding diaryl/α,β-unsaturated/α-hetero) is 4. The number of hydrogen-bond donors (Lipinski definition) is 0. The average molecular weight is 719 g/mol. The third-order valence-corrected chi connectivity index (χ3v) is 8.34. The summed E-state index contributed by atoms with van der Waals surface area (Å²) < 4.78 is 10.4. The summed E-state index contributed by atoms with van der Waals surface area (Å²) in [7, 11) is 3.06. The van der Waals surface area contributed by atoms with Gasteiger partial charge in [-0.2, -0.15) is 0 Å². The third kappa shape index (κ3) is 10.7. The molecule has 0 aliphatic rings. The molecule has 0 saturated carbocycles. The molecule has 0 saturated heterocycles. The highest BCUT2D eigenvalue weighted by atomic mass is 35.5. The van der Waals surface area contributed by atoms with Gasteiger partial charge in [-0.15, -0.1) is 0 Å². The van der Waals surface area contributed by atoms with Gasteiger partial charge in [-0.25, -0.2) is 0 Å². The molecule has 6 nitrogen and oxygen atoms in total. The summed E-state index contributed by atoms with van der Waals surface area (Å²) in [6.45, 7) is 10.1. The predicted octanol–water partition coefficient (Wildman–Crippen LogP) is 10.8. The lowest BCUT2D eigenvalue weighted by Crippen LogP contribution is -2.19. The Labute approximate surface area is 295 Å². The minimum absolute atomic E-state index is 0.0156. The van der Waals surface area contributed by atoms with Crippen LogP contribution in [0.15, 0.2) is 72.8 Å². The average Bonchev–Trinajstić information content (AvgIpc) is 3.01. The van der Waals surface area contributed by atoms with Gasteiger partial charge < -0.3 is 9.47 Å². The van der Waals surface area contributed by atoms with Crippen molar-refractivity contribution < 1.29 is 28.7 Å². The van der Waals surface area contributed by atoms with Crippen LogP contribution in [0.2, 0.25) is 20.1 Å². The zero-order chi connectivity index (χ0) is 35.6. The number of halogens is 4. The first-order chi connectivity index (χ1) is 21.9. The first kappa shape index (κ1) is 39.5. The topological polar surface area (TPSA) is 86.7 Å². The summed E-state index contributed by atoms with van der Waals surface area (Å²) in [5.74, 6) is 0.920. The van der Waals surface area contributed by atoms with Crippen molar-refractivity contribution in [1.29, 1.82) is 0 Å². The van der Waals surface area contributed by atoms with Gasteiger partial charge >= 0.3 is 0 Å². The number of carbonyl (C=O) groups is 4. The molecule has 47 heavy (non-hydrogen) atoms. The van der Waals surface area contributed by atoms with Crippen LogP contribution in [0.3, 0.4) is 0 Å². The molecule has 0 N–H and O–H groups in total. The second-order valence-electron chi connectivity index (χ2n) is 11.0. The lowest BCUT2D eigenvalue weighted by atomic mass is 9.78. The molecule has 0 bridgehead atoms. The van der Waals surface area contributed by atoms with E-state index in [0.29, 0.717) is 53.8 Å². The molecule has 0 aliphatic heterocycles. The molecule has 0 unspecified atom stereocenters. The molecule has 0 aromatic heterocycles. The maximum atomic E-state index is 10.9. The number of carbonyl (C=O) groups excluding carboxylic acids is 4. The lowest BCUT2D eigenvalue weighted by Gasteiger charge is -2.28. The molecule has 4 aromatic rings. The van der Waals surface area contributed by atoms with Gasteiger partial charge in [-0.1, -0.05) is 103 Å². The number of hydrogen-bond acceptors (Lipinski definition) is 6. The Hall–Kier alpha value is -3.68. The molecule has 10 heteroatoms. The molecule has 0 heterocycles. The number of ketones is 4. The normalized spacial score (nSPS) is 10.5. The van der Waals surface area contributed by atoms with Crippen LogP contribution in [-0.2, 0) is 5.41 Å². The van der Waals surface area contributed by atoms with Crippen molar-refractivity contribution in [3.63, 3.8) is 0 Å². The molecule has 0 radical (unpaired) electrons. The van der Waals surface area contributed by atoms with E-state index in [0.717, 1.165) is 11.1 Å². The van der Waals surface area contributed by atoms with Crippen LogP contribution in [0.4, 0.5) is 0 Å². The van der Waals surface area contributed by atoms with Crippen molar-refractivity contribution in [2.45, 2.75) is 47.0 Å². The van der Waals surface area contributed by atoms with Crippen molar-refractivity contribution >= 4 is 69.5 Å². The molecule has 0 spiro atoms. The van der Waals surface area contributed by atoms with Crippen LogP contribution in [0.25, 0.3) is 0 Å². The number of ether oxygens (including phenoxy) is 2. The van der Waals surface area contributed by atoms with E-state index < -0.39 is 5.41 Å². The van der Waals surface area contributed by atoms with Crippen molar-refractivity contribution in [3.8, 4) is 11.5 Å². The standard InChI is InChI=1S/C17H16Cl4O2.2C10H10O2/c1-17(2,9-5-11(18)15(22-3)12(19)6-9)10-7-13(20)16(23-4)14(21)8-10;1-7(11)9-3-5-10(6-4-9)8(2)12;1-7(11)9-4-3-5-10(6-9)8(2)12/h5-8H,1-4H3;2*3-6H,1-2H3. The molecule has 4 rings (SSSR count). The van der Waals surface area contributed by atoms with Crippen LogP contribution in [0.1, 0.15) is 94.1 Å². The SMILES string of the molecule is CC(=O)c1ccc(C(C)=O)cc1.CC(=O)c1cccc(C(C)=O)c1.COc1c(Cl)cc(C(C)(C)c2cc(Cl)c(OC)c(Cl)c2)cc1Cl. The summed E-state index contributed by atoms with van der Waals surface area (Å²) in [5.41, 5.74) is 3.88. The molecule has 0 fully saturated rings. The minimum atomic E-state index is -0.418. The summed E-state index contributed by atoms with van der Waals surface area (Å²) in [6, 6.07) is 20.7. The van der Waals surface area contributed by atoms with Gasteiger partial charge in [-0.3, -0.25) is 19.2 Å². The van der Waals surface area contributed by atoms with Gasteiger partial charge in [0.25, 0.3) is 0 Å². The first-order valence-corrected chi connectivity index (χ1v) is 15.8. The van der Waals surface area contributed by atoms with Gasteiger partial charge in [-0.05, 0) is 69.2 Å². The Kier molecular flexibility index (Phi) is 14.7. The maximum absolute atomic E-state index is 10.9. The van der Waals surface area contributed by atoms with Crippen molar-refractivity contribution in [1.82, 2.24) is 0 Å². The second-order valence-corrected chi connectivity index (χ2v) is 12.6. The van der Waals surface area contributed by atoms with E-state index in [1.54, 1.807) is 48.5 Å². The fourth-order valence-electron chi connectivity index (χ4n) is 4.29. The quantitative estimate of drug-likeness (QED) is 0.169. The molecular formula is C37H36Cl4O6. The van der Waals surface area contributed by atoms with Crippen LogP contribution >= 0.6 is 46.4 Å². The summed E-state index contributed by atoms with van der Waals surface area (Å²) in [5, 5.41) is 1.81.